The lowest BCUT2D eigenvalue weighted by Crippen LogP contribution is -2.56. The fourth-order valence-corrected chi connectivity index (χ4v) is 8.89. The van der Waals surface area contributed by atoms with Crippen molar-refractivity contribution in [3.63, 3.8) is 0 Å². The molecule has 2 unspecified atom stereocenters. The highest BCUT2D eigenvalue weighted by Gasteiger charge is 2.58. The van der Waals surface area contributed by atoms with Crippen molar-refractivity contribution >= 4 is 5.91 Å². The number of rotatable bonds is 3. The Hall–Kier alpha value is -1.39. The van der Waals surface area contributed by atoms with E-state index in [0.717, 1.165) is 38.9 Å². The summed E-state index contributed by atoms with van der Waals surface area (Å²) in [6, 6.07) is 9.19. The molecule has 30 heavy (non-hydrogen) atoms. The average Bonchev–Trinajstić information content (AvgIpc) is 3.17. The smallest absolute Gasteiger partial charge is 0.223 e. The number of carbonyl (C=O) groups excluding carboxylic acids is 1. The van der Waals surface area contributed by atoms with Crippen molar-refractivity contribution in [1.29, 1.82) is 0 Å². The number of aryl methyl sites for hydroxylation is 1. The van der Waals surface area contributed by atoms with Crippen molar-refractivity contribution in [3.8, 4) is 0 Å². The van der Waals surface area contributed by atoms with Gasteiger partial charge in [-0.25, -0.2) is 0 Å². The van der Waals surface area contributed by atoms with Gasteiger partial charge in [-0.05, 0) is 86.8 Å². The maximum Gasteiger partial charge on any atom is 0.223 e. The monoisotopic (exact) mass is 408 g/mol. The van der Waals surface area contributed by atoms with E-state index >= 15 is 0 Å². The molecule has 5 atom stereocenters. The van der Waals surface area contributed by atoms with Crippen LogP contribution in [0.15, 0.2) is 24.3 Å². The highest BCUT2D eigenvalue weighted by molar-refractivity contribution is 5.77. The van der Waals surface area contributed by atoms with Gasteiger partial charge in [0, 0.05) is 38.0 Å². The predicted molar refractivity (Wildman–Crippen MR) is 117 cm³/mol. The van der Waals surface area contributed by atoms with Gasteiger partial charge in [-0.3, -0.25) is 9.69 Å². The van der Waals surface area contributed by atoms with Crippen LogP contribution < -0.4 is 0 Å². The summed E-state index contributed by atoms with van der Waals surface area (Å²) < 4.78 is 0. The van der Waals surface area contributed by atoms with E-state index in [-0.39, 0.29) is 5.41 Å². The highest BCUT2D eigenvalue weighted by atomic mass is 16.3. The van der Waals surface area contributed by atoms with E-state index in [9.17, 15) is 9.90 Å². The van der Waals surface area contributed by atoms with E-state index in [0.29, 0.717) is 42.0 Å². The van der Waals surface area contributed by atoms with Gasteiger partial charge in [0.15, 0.2) is 0 Å². The molecule has 162 valence electrons. The first-order valence-electron chi connectivity index (χ1n) is 12.1. The van der Waals surface area contributed by atoms with Gasteiger partial charge in [-0.15, -0.1) is 0 Å². The topological polar surface area (TPSA) is 43.8 Å². The third kappa shape index (κ3) is 2.97. The lowest BCUT2D eigenvalue weighted by molar-refractivity contribution is -0.171. The molecule has 0 spiro atoms. The van der Waals surface area contributed by atoms with Crippen LogP contribution in [0.4, 0.5) is 0 Å². The fraction of sp³-hybridized carbons (Fsp3) is 0.731. The van der Waals surface area contributed by atoms with Crippen molar-refractivity contribution < 1.29 is 9.90 Å². The molecule has 2 aliphatic heterocycles. The van der Waals surface area contributed by atoms with Crippen LogP contribution in [0.1, 0.15) is 62.1 Å². The van der Waals surface area contributed by atoms with Crippen LogP contribution in [-0.4, -0.2) is 53.1 Å². The van der Waals surface area contributed by atoms with Gasteiger partial charge < -0.3 is 10.0 Å². The van der Waals surface area contributed by atoms with E-state index in [1.807, 2.05) is 0 Å². The zero-order valence-electron chi connectivity index (χ0n) is 18.5. The molecule has 2 saturated heterocycles. The van der Waals surface area contributed by atoms with Gasteiger partial charge in [0.05, 0.1) is 5.60 Å². The number of benzene rings is 1. The maximum absolute atomic E-state index is 13.5. The number of amides is 1. The second kappa shape index (κ2) is 6.56. The third-order valence-electron chi connectivity index (χ3n) is 9.43. The molecule has 7 rings (SSSR count). The second-order valence-electron chi connectivity index (χ2n) is 11.8. The van der Waals surface area contributed by atoms with E-state index in [1.54, 1.807) is 0 Å². The SMILES string of the molecule is Cc1ccccc1[C@@H]1[C@@H]2CN(C(=O)CC34CC5CC(CC(O)(C5)C3)C4)C[C@@H]2CN1C. The number of carbonyl (C=O) groups is 1. The summed E-state index contributed by atoms with van der Waals surface area (Å²) in [6.07, 6.45) is 7.15. The van der Waals surface area contributed by atoms with Crippen molar-refractivity contribution in [2.24, 2.45) is 29.1 Å². The van der Waals surface area contributed by atoms with Crippen LogP contribution >= 0.6 is 0 Å². The standard InChI is InChI=1S/C26H36N2O2/c1-17-5-3-4-6-21(17)24-22-15-28(14-20(22)13-27(24)2)23(29)12-25-8-18-7-19(9-25)11-26(30,10-18)16-25/h3-6,18-20,22,24,30H,7-16H2,1-2H3/t18?,19?,20-,22+,24+,25?,26?/m0/s1. The minimum absolute atomic E-state index is 0.0832. The molecule has 0 radical (unpaired) electrons. The number of hydrogen-bond donors (Lipinski definition) is 1. The zero-order valence-corrected chi connectivity index (χ0v) is 18.5. The lowest BCUT2D eigenvalue weighted by Gasteiger charge is -2.60. The summed E-state index contributed by atoms with van der Waals surface area (Å²) in [5, 5.41) is 11.1. The molecule has 1 N–H and O–H groups in total. The molecular formula is C26H36N2O2. The molecular weight excluding hydrogens is 372 g/mol. The summed E-state index contributed by atoms with van der Waals surface area (Å²) in [5.74, 6) is 2.80. The Morgan fingerprint density at radius 1 is 1.10 bits per heavy atom. The van der Waals surface area contributed by atoms with E-state index in [4.69, 9.17) is 0 Å². The van der Waals surface area contributed by atoms with E-state index in [2.05, 4.69) is 48.0 Å². The van der Waals surface area contributed by atoms with E-state index < -0.39 is 5.60 Å². The third-order valence-corrected chi connectivity index (χ3v) is 9.43. The van der Waals surface area contributed by atoms with Crippen LogP contribution in [-0.2, 0) is 4.79 Å². The summed E-state index contributed by atoms with van der Waals surface area (Å²) >= 11 is 0. The van der Waals surface area contributed by atoms with E-state index in [1.165, 1.54) is 30.4 Å². The molecule has 4 aliphatic carbocycles. The Balaban J connectivity index is 1.18. The van der Waals surface area contributed by atoms with Gasteiger partial charge in [-0.2, -0.15) is 0 Å². The zero-order chi connectivity index (χ0) is 20.7. The fourth-order valence-electron chi connectivity index (χ4n) is 8.89. The largest absolute Gasteiger partial charge is 0.390 e. The summed E-state index contributed by atoms with van der Waals surface area (Å²) in [4.78, 5) is 18.2. The minimum atomic E-state index is -0.468. The summed E-state index contributed by atoms with van der Waals surface area (Å²) in [6.45, 7) is 5.12. The van der Waals surface area contributed by atoms with Gasteiger partial charge in [-0.1, -0.05) is 24.3 Å². The average molecular weight is 409 g/mol. The number of likely N-dealkylation sites (tertiary alicyclic amines) is 2. The Morgan fingerprint density at radius 2 is 1.83 bits per heavy atom. The molecule has 1 aromatic carbocycles. The van der Waals surface area contributed by atoms with Crippen molar-refractivity contribution in [1.82, 2.24) is 9.80 Å². The first kappa shape index (κ1) is 19.3. The number of aliphatic hydroxyl groups is 1. The Kier molecular flexibility index (Phi) is 4.22. The summed E-state index contributed by atoms with van der Waals surface area (Å²) in [7, 11) is 2.25. The second-order valence-corrected chi connectivity index (χ2v) is 11.8. The molecule has 4 bridgehead atoms. The molecule has 4 saturated carbocycles. The van der Waals surface area contributed by atoms with Crippen LogP contribution in [0.3, 0.4) is 0 Å². The molecule has 0 aromatic heterocycles. The molecule has 6 aliphatic rings. The molecule has 1 amide bonds. The predicted octanol–water partition coefficient (Wildman–Crippen LogP) is 3.78. The maximum atomic E-state index is 13.5. The van der Waals surface area contributed by atoms with Gasteiger partial charge in [0.25, 0.3) is 0 Å². The van der Waals surface area contributed by atoms with Gasteiger partial charge >= 0.3 is 0 Å². The Labute approximate surface area is 180 Å². The summed E-state index contributed by atoms with van der Waals surface area (Å²) in [5.41, 5.74) is 2.41. The molecule has 2 heterocycles. The van der Waals surface area contributed by atoms with Crippen LogP contribution in [0.5, 0.6) is 0 Å². The number of fused-ring (bicyclic) bond motifs is 1. The van der Waals surface area contributed by atoms with Crippen molar-refractivity contribution in [2.45, 2.75) is 63.5 Å². The van der Waals surface area contributed by atoms with Gasteiger partial charge in [0.2, 0.25) is 5.91 Å². The first-order chi connectivity index (χ1) is 14.3. The molecule has 4 nitrogen and oxygen atoms in total. The highest BCUT2D eigenvalue weighted by Crippen LogP contribution is 2.63. The van der Waals surface area contributed by atoms with Gasteiger partial charge in [0.1, 0.15) is 0 Å². The Morgan fingerprint density at radius 3 is 2.53 bits per heavy atom. The molecule has 4 heteroatoms. The van der Waals surface area contributed by atoms with Crippen LogP contribution in [0, 0.1) is 36.0 Å². The molecule has 6 fully saturated rings. The minimum Gasteiger partial charge on any atom is -0.390 e. The van der Waals surface area contributed by atoms with Crippen molar-refractivity contribution in [3.05, 3.63) is 35.4 Å². The normalized spacial score (nSPS) is 44.6. The quantitative estimate of drug-likeness (QED) is 0.828. The molecule has 1 aromatic rings. The first-order valence-corrected chi connectivity index (χ1v) is 12.1. The number of hydrogen-bond acceptors (Lipinski definition) is 3. The lowest BCUT2D eigenvalue weighted by atomic mass is 9.47. The van der Waals surface area contributed by atoms with Crippen molar-refractivity contribution in [2.75, 3.05) is 26.7 Å². The van der Waals surface area contributed by atoms with Crippen LogP contribution in [0.25, 0.3) is 0 Å². The van der Waals surface area contributed by atoms with Crippen LogP contribution in [0.2, 0.25) is 0 Å². The Bertz CT molecular complexity index is 852. The number of nitrogens with zero attached hydrogens (tertiary/aromatic N) is 2.